The molecule has 2 unspecified atom stereocenters. The Hall–Kier alpha value is -2.17. The van der Waals surface area contributed by atoms with Crippen LogP contribution in [-0.4, -0.2) is 48.3 Å². The van der Waals surface area contributed by atoms with E-state index in [9.17, 15) is 4.79 Å². The molecule has 2 bridgehead atoms. The van der Waals surface area contributed by atoms with Crippen molar-refractivity contribution in [3.8, 4) is 0 Å². The summed E-state index contributed by atoms with van der Waals surface area (Å²) in [4.78, 5) is 15.9. The van der Waals surface area contributed by atoms with Gasteiger partial charge in [0.15, 0.2) is 0 Å². The van der Waals surface area contributed by atoms with Gasteiger partial charge in [0.05, 0.1) is 0 Å². The third kappa shape index (κ3) is 2.62. The Kier molecular flexibility index (Phi) is 3.88. The van der Waals surface area contributed by atoms with Gasteiger partial charge in [0.25, 0.3) is 0 Å². The second kappa shape index (κ2) is 6.18. The summed E-state index contributed by atoms with van der Waals surface area (Å²) in [5.41, 5.74) is 1.11. The van der Waals surface area contributed by atoms with Crippen molar-refractivity contribution in [2.45, 2.75) is 55.6 Å². The zero-order valence-electron chi connectivity index (χ0n) is 15.7. The minimum absolute atomic E-state index is 0.0353. The van der Waals surface area contributed by atoms with Gasteiger partial charge in [-0.25, -0.2) is 0 Å². The maximum absolute atomic E-state index is 13.5. The fourth-order valence-electron chi connectivity index (χ4n) is 5.01. The highest BCUT2D eigenvalue weighted by molar-refractivity contribution is 5.87. The third-order valence-electron chi connectivity index (χ3n) is 6.76. The summed E-state index contributed by atoms with van der Waals surface area (Å²) in [6.45, 7) is 1.98. The first-order valence-electron chi connectivity index (χ1n) is 9.78. The zero-order chi connectivity index (χ0) is 18.6. The van der Waals surface area contributed by atoms with Crippen LogP contribution in [0.2, 0.25) is 0 Å². The largest absolute Gasteiger partial charge is 0.461 e. The van der Waals surface area contributed by atoms with Crippen LogP contribution in [0.4, 0.5) is 0 Å². The average molecular weight is 363 g/mol. The van der Waals surface area contributed by atoms with Gasteiger partial charge < -0.3 is 9.47 Å². The summed E-state index contributed by atoms with van der Waals surface area (Å²) in [6, 6.07) is 20.7. The molecule has 3 fully saturated rings. The van der Waals surface area contributed by atoms with E-state index in [-0.39, 0.29) is 12.1 Å². The Labute approximate surface area is 160 Å². The number of hydrogen-bond donors (Lipinski definition) is 0. The molecule has 0 spiro atoms. The summed E-state index contributed by atoms with van der Waals surface area (Å²) < 4.78 is 11.9. The van der Waals surface area contributed by atoms with Crippen molar-refractivity contribution in [1.29, 1.82) is 0 Å². The van der Waals surface area contributed by atoms with Gasteiger partial charge in [-0.2, -0.15) is 0 Å². The predicted octanol–water partition coefficient (Wildman–Crippen LogP) is 3.15. The number of benzene rings is 2. The van der Waals surface area contributed by atoms with Crippen LogP contribution in [0.1, 0.15) is 30.9 Å². The molecule has 4 heteroatoms. The Morgan fingerprint density at radius 3 is 1.93 bits per heavy atom. The van der Waals surface area contributed by atoms with Gasteiger partial charge >= 0.3 is 5.97 Å². The van der Waals surface area contributed by atoms with Crippen LogP contribution in [-0.2, 0) is 19.7 Å². The van der Waals surface area contributed by atoms with Crippen molar-refractivity contribution in [3.05, 3.63) is 71.8 Å². The molecule has 5 rings (SSSR count). The Bertz CT molecular complexity index is 780. The molecule has 0 N–H and O–H groups in total. The standard InChI is InChI=1S/C23H25NO3/c1-23(15-9-5-3-6-10-15,16-11-7-4-8-12-16)22(25)26-17-13-18-20-21(27-20)19(14-17)24(18)2/h3-12,17-21H,13-14H2,1-2H3/t17-,18+,19?,20-,21?/m1/s1. The number of hydrogen-bond acceptors (Lipinski definition) is 4. The number of morpholine rings is 1. The minimum Gasteiger partial charge on any atom is -0.461 e. The number of carbonyl (C=O) groups excluding carboxylic acids is 1. The lowest BCUT2D eigenvalue weighted by molar-refractivity contribution is -0.158. The van der Waals surface area contributed by atoms with Crippen molar-refractivity contribution in [2.75, 3.05) is 7.05 Å². The summed E-state index contributed by atoms with van der Waals surface area (Å²) in [6.07, 6.45) is 2.38. The molecule has 3 saturated heterocycles. The smallest absolute Gasteiger partial charge is 0.321 e. The number of piperidine rings is 1. The van der Waals surface area contributed by atoms with E-state index in [0.29, 0.717) is 24.3 Å². The third-order valence-corrected chi connectivity index (χ3v) is 6.76. The van der Waals surface area contributed by atoms with Crippen molar-refractivity contribution in [2.24, 2.45) is 0 Å². The van der Waals surface area contributed by atoms with Crippen LogP contribution < -0.4 is 0 Å². The topological polar surface area (TPSA) is 42.1 Å². The molecule has 0 aliphatic carbocycles. The van der Waals surface area contributed by atoms with Crippen LogP contribution >= 0.6 is 0 Å². The lowest BCUT2D eigenvalue weighted by Crippen LogP contribution is -2.49. The highest BCUT2D eigenvalue weighted by Gasteiger charge is 2.63. The molecule has 2 aromatic carbocycles. The molecule has 0 saturated carbocycles. The number of likely N-dealkylation sites (N-methyl/N-ethyl adjacent to an activating group) is 1. The molecule has 3 heterocycles. The predicted molar refractivity (Wildman–Crippen MR) is 102 cm³/mol. The number of esters is 1. The fraction of sp³-hybridized carbons (Fsp3) is 0.435. The van der Waals surface area contributed by atoms with Gasteiger partial charge in [-0.1, -0.05) is 60.7 Å². The summed E-state index contributed by atoms with van der Waals surface area (Å²) in [5, 5.41) is 0. The number of ether oxygens (including phenoxy) is 2. The molecule has 4 nitrogen and oxygen atoms in total. The van der Waals surface area contributed by atoms with Gasteiger partial charge in [0.2, 0.25) is 0 Å². The Balaban J connectivity index is 1.42. The minimum atomic E-state index is -0.815. The molecular formula is C23H25NO3. The quantitative estimate of drug-likeness (QED) is 0.618. The number of carbonyl (C=O) groups is 1. The van der Waals surface area contributed by atoms with Crippen molar-refractivity contribution in [1.82, 2.24) is 4.90 Å². The van der Waals surface area contributed by atoms with E-state index in [4.69, 9.17) is 9.47 Å². The van der Waals surface area contributed by atoms with Gasteiger partial charge in [-0.05, 0) is 25.1 Å². The molecule has 3 aliphatic rings. The maximum atomic E-state index is 13.5. The molecule has 0 amide bonds. The molecule has 2 aromatic rings. The lowest BCUT2D eigenvalue weighted by atomic mass is 9.76. The van der Waals surface area contributed by atoms with E-state index < -0.39 is 5.41 Å². The molecule has 0 radical (unpaired) electrons. The van der Waals surface area contributed by atoms with E-state index in [2.05, 4.69) is 11.9 Å². The van der Waals surface area contributed by atoms with Gasteiger partial charge in [0.1, 0.15) is 23.7 Å². The second-order valence-corrected chi connectivity index (χ2v) is 8.22. The highest BCUT2D eigenvalue weighted by Crippen LogP contribution is 2.48. The first-order valence-corrected chi connectivity index (χ1v) is 9.78. The first kappa shape index (κ1) is 17.0. The number of fused-ring (bicyclic) bond motifs is 5. The molecular weight excluding hydrogens is 338 g/mol. The lowest BCUT2D eigenvalue weighted by Gasteiger charge is -2.39. The number of nitrogens with zero attached hydrogens (tertiary/aromatic N) is 1. The normalized spacial score (nSPS) is 32.0. The van der Waals surface area contributed by atoms with E-state index in [0.717, 1.165) is 24.0 Å². The van der Waals surface area contributed by atoms with Gasteiger partial charge in [0, 0.05) is 24.9 Å². The van der Waals surface area contributed by atoms with Gasteiger partial charge in [-0.15, -0.1) is 0 Å². The van der Waals surface area contributed by atoms with E-state index >= 15 is 0 Å². The van der Waals surface area contributed by atoms with Crippen LogP contribution in [0.25, 0.3) is 0 Å². The Morgan fingerprint density at radius 1 is 0.963 bits per heavy atom. The SMILES string of the molecule is CN1C2C[C@H](OC(=O)C(C)(c3ccccc3)c3ccccc3)C[C@H]1[C@H]1OC21. The molecule has 3 aliphatic heterocycles. The zero-order valence-corrected chi connectivity index (χ0v) is 15.7. The van der Waals surface area contributed by atoms with Crippen LogP contribution in [0.3, 0.4) is 0 Å². The number of rotatable bonds is 4. The molecule has 140 valence electrons. The first-order chi connectivity index (χ1) is 13.1. The fourth-order valence-corrected chi connectivity index (χ4v) is 5.01. The molecule has 5 atom stereocenters. The van der Waals surface area contributed by atoms with E-state index in [1.54, 1.807) is 0 Å². The van der Waals surface area contributed by atoms with Crippen molar-refractivity contribution >= 4 is 5.97 Å². The van der Waals surface area contributed by atoms with Crippen LogP contribution in [0.5, 0.6) is 0 Å². The highest BCUT2D eigenvalue weighted by atomic mass is 16.6. The molecule has 27 heavy (non-hydrogen) atoms. The van der Waals surface area contributed by atoms with Crippen LogP contribution in [0, 0.1) is 0 Å². The van der Waals surface area contributed by atoms with Crippen LogP contribution in [0.15, 0.2) is 60.7 Å². The van der Waals surface area contributed by atoms with Gasteiger partial charge in [-0.3, -0.25) is 9.69 Å². The molecule has 0 aromatic heterocycles. The maximum Gasteiger partial charge on any atom is 0.321 e. The van der Waals surface area contributed by atoms with Crippen molar-refractivity contribution in [3.63, 3.8) is 0 Å². The summed E-state index contributed by atoms with van der Waals surface area (Å²) in [5.74, 6) is -0.163. The summed E-state index contributed by atoms with van der Waals surface area (Å²) >= 11 is 0. The number of epoxide rings is 1. The Morgan fingerprint density at radius 2 is 1.44 bits per heavy atom. The van der Waals surface area contributed by atoms with E-state index in [1.807, 2.05) is 67.6 Å². The van der Waals surface area contributed by atoms with E-state index in [1.165, 1.54) is 0 Å². The monoisotopic (exact) mass is 363 g/mol. The van der Waals surface area contributed by atoms with Crippen molar-refractivity contribution < 1.29 is 14.3 Å². The second-order valence-electron chi connectivity index (χ2n) is 8.22. The average Bonchev–Trinajstić information content (AvgIpc) is 3.47. The summed E-state index contributed by atoms with van der Waals surface area (Å²) in [7, 11) is 2.17.